The van der Waals surface area contributed by atoms with Crippen LogP contribution in [0.2, 0.25) is 0 Å². The Kier molecular flexibility index (Phi) is 4.59. The third-order valence-corrected chi connectivity index (χ3v) is 4.29. The van der Waals surface area contributed by atoms with Gasteiger partial charge in [-0.1, -0.05) is 18.2 Å². The number of nitrogens with zero attached hydrogens (tertiary/aromatic N) is 2. The van der Waals surface area contributed by atoms with Crippen molar-refractivity contribution in [2.45, 2.75) is 32.4 Å². The van der Waals surface area contributed by atoms with Gasteiger partial charge >= 0.3 is 0 Å². The molecule has 4 heteroatoms. The summed E-state index contributed by atoms with van der Waals surface area (Å²) in [5, 5.41) is 13.2. The minimum absolute atomic E-state index is 0.144. The Morgan fingerprint density at radius 2 is 1.95 bits per heavy atom. The molecule has 0 amide bonds. The summed E-state index contributed by atoms with van der Waals surface area (Å²) in [6.45, 7) is 4.62. The van der Waals surface area contributed by atoms with Crippen molar-refractivity contribution in [1.82, 2.24) is 4.98 Å². The number of piperidine rings is 1. The molecule has 0 spiro atoms. The van der Waals surface area contributed by atoms with Crippen LogP contribution in [-0.2, 0) is 6.54 Å². The number of aliphatic hydroxyl groups is 1. The highest BCUT2D eigenvalue weighted by atomic mass is 16.3. The van der Waals surface area contributed by atoms with E-state index in [9.17, 15) is 5.11 Å². The standard InChI is InChI=1S/C18H23N3O/c1-14-15(5-4-10-19-14)13-20-17-6-2-3-7-18(17)21-11-8-16(22)9-12-21/h2-7,10,16,20,22H,8-9,11-13H2,1H3. The quantitative estimate of drug-likeness (QED) is 0.911. The van der Waals surface area contributed by atoms with E-state index < -0.39 is 0 Å². The number of aromatic nitrogens is 1. The lowest BCUT2D eigenvalue weighted by atomic mass is 10.1. The Morgan fingerprint density at radius 1 is 1.18 bits per heavy atom. The summed E-state index contributed by atoms with van der Waals surface area (Å²) in [4.78, 5) is 6.69. The Hall–Kier alpha value is -2.07. The number of hydrogen-bond donors (Lipinski definition) is 2. The number of aliphatic hydroxyl groups excluding tert-OH is 1. The molecule has 2 heterocycles. The van der Waals surface area contributed by atoms with Crippen LogP contribution in [0.4, 0.5) is 11.4 Å². The van der Waals surface area contributed by atoms with Gasteiger partial charge in [0.2, 0.25) is 0 Å². The summed E-state index contributed by atoms with van der Waals surface area (Å²) in [5.41, 5.74) is 4.64. The van der Waals surface area contributed by atoms with E-state index in [0.29, 0.717) is 0 Å². The van der Waals surface area contributed by atoms with Crippen molar-refractivity contribution in [2.24, 2.45) is 0 Å². The maximum Gasteiger partial charge on any atom is 0.0602 e. The van der Waals surface area contributed by atoms with Crippen LogP contribution >= 0.6 is 0 Å². The normalized spacial score (nSPS) is 15.8. The average Bonchev–Trinajstić information content (AvgIpc) is 2.55. The molecule has 0 atom stereocenters. The smallest absolute Gasteiger partial charge is 0.0602 e. The number of hydrogen-bond acceptors (Lipinski definition) is 4. The van der Waals surface area contributed by atoms with E-state index in [1.54, 1.807) is 0 Å². The van der Waals surface area contributed by atoms with Crippen LogP contribution in [0.1, 0.15) is 24.1 Å². The largest absolute Gasteiger partial charge is 0.393 e. The molecule has 0 saturated carbocycles. The molecule has 2 N–H and O–H groups in total. The summed E-state index contributed by atoms with van der Waals surface area (Å²) < 4.78 is 0. The molecule has 116 valence electrons. The van der Waals surface area contributed by atoms with Gasteiger partial charge < -0.3 is 15.3 Å². The van der Waals surface area contributed by atoms with Gasteiger partial charge in [0.05, 0.1) is 17.5 Å². The number of pyridine rings is 1. The Labute approximate surface area is 131 Å². The first-order valence-corrected chi connectivity index (χ1v) is 7.90. The first-order chi connectivity index (χ1) is 10.7. The second-order valence-corrected chi connectivity index (χ2v) is 5.84. The second-order valence-electron chi connectivity index (χ2n) is 5.84. The molecule has 1 saturated heterocycles. The van der Waals surface area contributed by atoms with E-state index in [2.05, 4.69) is 45.5 Å². The highest BCUT2D eigenvalue weighted by molar-refractivity contribution is 5.70. The molecule has 0 radical (unpaired) electrons. The van der Waals surface area contributed by atoms with Crippen LogP contribution in [0.3, 0.4) is 0 Å². The molecule has 22 heavy (non-hydrogen) atoms. The molecule has 1 aromatic heterocycles. The second kappa shape index (κ2) is 6.79. The van der Waals surface area contributed by atoms with Crippen LogP contribution in [0, 0.1) is 6.92 Å². The topological polar surface area (TPSA) is 48.4 Å². The van der Waals surface area contributed by atoms with Crippen molar-refractivity contribution in [3.63, 3.8) is 0 Å². The van der Waals surface area contributed by atoms with Gasteiger partial charge in [0, 0.05) is 31.5 Å². The maximum atomic E-state index is 9.68. The Morgan fingerprint density at radius 3 is 2.73 bits per heavy atom. The van der Waals surface area contributed by atoms with Crippen LogP contribution in [0.15, 0.2) is 42.6 Å². The average molecular weight is 297 g/mol. The van der Waals surface area contributed by atoms with Gasteiger partial charge in [-0.05, 0) is 43.5 Å². The van der Waals surface area contributed by atoms with Crippen molar-refractivity contribution in [1.29, 1.82) is 0 Å². The Bertz CT molecular complexity index is 621. The fraction of sp³-hybridized carbons (Fsp3) is 0.389. The zero-order valence-electron chi connectivity index (χ0n) is 13.0. The summed E-state index contributed by atoms with van der Waals surface area (Å²) in [5.74, 6) is 0. The molecule has 1 aliphatic rings. The molecule has 1 aromatic carbocycles. The number of anilines is 2. The lowest BCUT2D eigenvalue weighted by Gasteiger charge is -2.33. The number of aryl methyl sites for hydroxylation is 1. The van der Waals surface area contributed by atoms with Crippen molar-refractivity contribution in [3.8, 4) is 0 Å². The first kappa shape index (κ1) is 14.9. The SMILES string of the molecule is Cc1ncccc1CNc1ccccc1N1CCC(O)CC1. The summed E-state index contributed by atoms with van der Waals surface area (Å²) in [6, 6.07) is 12.5. The molecule has 1 fully saturated rings. The molecule has 2 aromatic rings. The van der Waals surface area contributed by atoms with Gasteiger partial charge in [-0.15, -0.1) is 0 Å². The highest BCUT2D eigenvalue weighted by Gasteiger charge is 2.19. The van der Waals surface area contributed by atoms with Gasteiger partial charge in [-0.25, -0.2) is 0 Å². The number of benzene rings is 1. The lowest BCUT2D eigenvalue weighted by Crippen LogP contribution is -2.36. The van der Waals surface area contributed by atoms with E-state index >= 15 is 0 Å². The highest BCUT2D eigenvalue weighted by Crippen LogP contribution is 2.28. The zero-order chi connectivity index (χ0) is 15.4. The summed E-state index contributed by atoms with van der Waals surface area (Å²) in [7, 11) is 0. The van der Waals surface area contributed by atoms with Crippen molar-refractivity contribution in [2.75, 3.05) is 23.3 Å². The fourth-order valence-electron chi connectivity index (χ4n) is 2.90. The third kappa shape index (κ3) is 3.39. The van der Waals surface area contributed by atoms with Crippen molar-refractivity contribution < 1.29 is 5.11 Å². The fourth-order valence-corrected chi connectivity index (χ4v) is 2.90. The number of rotatable bonds is 4. The van der Waals surface area contributed by atoms with Crippen LogP contribution < -0.4 is 10.2 Å². The number of para-hydroxylation sites is 2. The van der Waals surface area contributed by atoms with Crippen LogP contribution in [0.25, 0.3) is 0 Å². The molecule has 3 rings (SSSR count). The summed E-state index contributed by atoms with van der Waals surface area (Å²) in [6.07, 6.45) is 3.37. The van der Waals surface area contributed by atoms with Gasteiger partial charge in [-0.2, -0.15) is 0 Å². The predicted molar refractivity (Wildman–Crippen MR) is 90.2 cm³/mol. The van der Waals surface area contributed by atoms with Gasteiger partial charge in [-0.3, -0.25) is 4.98 Å². The molecular weight excluding hydrogens is 274 g/mol. The van der Waals surface area contributed by atoms with Crippen LogP contribution in [0.5, 0.6) is 0 Å². The minimum atomic E-state index is -0.144. The molecular formula is C18H23N3O. The maximum absolute atomic E-state index is 9.68. The predicted octanol–water partition coefficient (Wildman–Crippen LogP) is 2.96. The molecule has 0 aliphatic carbocycles. The van der Waals surface area contributed by atoms with Gasteiger partial charge in [0.25, 0.3) is 0 Å². The van der Waals surface area contributed by atoms with E-state index in [-0.39, 0.29) is 6.10 Å². The van der Waals surface area contributed by atoms with Gasteiger partial charge in [0.15, 0.2) is 0 Å². The molecule has 4 nitrogen and oxygen atoms in total. The van der Waals surface area contributed by atoms with Gasteiger partial charge in [0.1, 0.15) is 0 Å². The first-order valence-electron chi connectivity index (χ1n) is 7.90. The lowest BCUT2D eigenvalue weighted by molar-refractivity contribution is 0.145. The van der Waals surface area contributed by atoms with E-state index in [1.807, 2.05) is 19.2 Å². The Balaban J connectivity index is 1.73. The number of nitrogens with one attached hydrogen (secondary N) is 1. The molecule has 0 unspecified atom stereocenters. The summed E-state index contributed by atoms with van der Waals surface area (Å²) >= 11 is 0. The van der Waals surface area contributed by atoms with Crippen molar-refractivity contribution in [3.05, 3.63) is 53.9 Å². The third-order valence-electron chi connectivity index (χ3n) is 4.29. The minimum Gasteiger partial charge on any atom is -0.393 e. The molecule has 1 aliphatic heterocycles. The van der Waals surface area contributed by atoms with E-state index in [1.165, 1.54) is 11.3 Å². The monoisotopic (exact) mass is 297 g/mol. The van der Waals surface area contributed by atoms with E-state index in [4.69, 9.17) is 0 Å². The van der Waals surface area contributed by atoms with Crippen LogP contribution in [-0.4, -0.2) is 29.3 Å². The van der Waals surface area contributed by atoms with Crippen molar-refractivity contribution >= 4 is 11.4 Å². The van der Waals surface area contributed by atoms with E-state index in [0.717, 1.165) is 43.9 Å². The zero-order valence-corrected chi connectivity index (χ0v) is 13.0. The molecule has 0 bridgehead atoms.